The Kier molecular flexibility index (Phi) is 6.28. The van der Waals surface area contributed by atoms with Gasteiger partial charge in [-0.05, 0) is 48.4 Å². The molecule has 0 amide bonds. The summed E-state index contributed by atoms with van der Waals surface area (Å²) >= 11 is 0. The van der Waals surface area contributed by atoms with Crippen LogP contribution in [0.15, 0.2) is 36.4 Å². The van der Waals surface area contributed by atoms with E-state index >= 15 is 0 Å². The van der Waals surface area contributed by atoms with Crippen LogP contribution in [0, 0.1) is 0 Å². The average molecular weight is 333 g/mol. The molecule has 0 saturated heterocycles. The molecule has 0 aliphatic heterocycles. The third-order valence-electron chi connectivity index (χ3n) is 3.76. The number of hydrogen-bond acceptors (Lipinski definition) is 6. The molecule has 0 aliphatic rings. The zero-order chi connectivity index (χ0) is 17.5. The topological polar surface area (TPSA) is 91.2 Å². The van der Waals surface area contributed by atoms with E-state index in [0.717, 1.165) is 12.0 Å². The highest BCUT2D eigenvalue weighted by Gasteiger charge is 2.10. The first kappa shape index (κ1) is 17.9. The fourth-order valence-electron chi connectivity index (χ4n) is 2.37. The lowest BCUT2D eigenvalue weighted by atomic mass is 10.1. The second-order valence-corrected chi connectivity index (χ2v) is 5.41. The van der Waals surface area contributed by atoms with E-state index in [2.05, 4.69) is 5.32 Å². The molecule has 4 N–H and O–H groups in total. The molecule has 1 atom stereocenters. The van der Waals surface area contributed by atoms with Gasteiger partial charge in [-0.25, -0.2) is 0 Å². The fourth-order valence-corrected chi connectivity index (χ4v) is 2.37. The van der Waals surface area contributed by atoms with Gasteiger partial charge in [0.25, 0.3) is 0 Å². The number of aromatic hydroxyl groups is 2. The summed E-state index contributed by atoms with van der Waals surface area (Å²) in [5.41, 5.74) is 1.64. The molecule has 2 aromatic rings. The normalized spacial score (nSPS) is 12.0. The van der Waals surface area contributed by atoms with Gasteiger partial charge in [0.2, 0.25) is 0 Å². The lowest BCUT2D eigenvalue weighted by Gasteiger charge is -2.13. The Morgan fingerprint density at radius 1 is 0.958 bits per heavy atom. The Balaban J connectivity index is 1.83. The van der Waals surface area contributed by atoms with Crippen LogP contribution in [0.3, 0.4) is 0 Å². The molecule has 0 spiro atoms. The number of aliphatic hydroxyl groups excluding tert-OH is 1. The standard InChI is InChI=1S/C18H23NO5/c1-23-17-6-3-12(9-18(17)24-2)7-8-19-11-16(22)13-4-5-14(20)15(21)10-13/h3-6,9-10,16,19-22H,7-8,11H2,1-2H3/t16-/m0/s1. The second kappa shape index (κ2) is 8.42. The van der Waals surface area contributed by atoms with Gasteiger partial charge in [-0.1, -0.05) is 12.1 Å². The number of phenols is 2. The molecule has 0 bridgehead atoms. The van der Waals surface area contributed by atoms with Gasteiger partial charge in [0, 0.05) is 6.54 Å². The number of phenolic OH excluding ortho intramolecular Hbond substituents is 2. The summed E-state index contributed by atoms with van der Waals surface area (Å²) < 4.78 is 10.5. The number of rotatable bonds is 8. The lowest BCUT2D eigenvalue weighted by Crippen LogP contribution is -2.23. The van der Waals surface area contributed by atoms with Crippen molar-refractivity contribution in [1.82, 2.24) is 5.32 Å². The Morgan fingerprint density at radius 3 is 2.38 bits per heavy atom. The fraction of sp³-hybridized carbons (Fsp3) is 0.333. The number of nitrogens with one attached hydrogen (secondary N) is 1. The van der Waals surface area contributed by atoms with Crippen LogP contribution in [-0.2, 0) is 6.42 Å². The molecule has 0 radical (unpaired) electrons. The van der Waals surface area contributed by atoms with Gasteiger partial charge in [-0.2, -0.15) is 0 Å². The summed E-state index contributed by atoms with van der Waals surface area (Å²) in [4.78, 5) is 0. The van der Waals surface area contributed by atoms with Crippen molar-refractivity contribution in [3.63, 3.8) is 0 Å². The van der Waals surface area contributed by atoms with E-state index in [4.69, 9.17) is 9.47 Å². The summed E-state index contributed by atoms with van der Waals surface area (Å²) in [6.07, 6.45) is 0.00960. The molecule has 6 heteroatoms. The predicted molar refractivity (Wildman–Crippen MR) is 90.9 cm³/mol. The first-order chi connectivity index (χ1) is 11.5. The summed E-state index contributed by atoms with van der Waals surface area (Å²) in [5, 5.41) is 32.0. The molecule has 6 nitrogen and oxygen atoms in total. The van der Waals surface area contributed by atoms with Gasteiger partial charge in [-0.3, -0.25) is 0 Å². The van der Waals surface area contributed by atoms with Gasteiger partial charge in [0.1, 0.15) is 0 Å². The number of methoxy groups -OCH3 is 2. The maximum Gasteiger partial charge on any atom is 0.160 e. The molecule has 0 aromatic heterocycles. The van der Waals surface area contributed by atoms with Crippen molar-refractivity contribution in [3.05, 3.63) is 47.5 Å². The van der Waals surface area contributed by atoms with Crippen molar-refractivity contribution in [2.75, 3.05) is 27.3 Å². The third-order valence-corrected chi connectivity index (χ3v) is 3.76. The average Bonchev–Trinajstić information content (AvgIpc) is 2.60. The highest BCUT2D eigenvalue weighted by molar-refractivity contribution is 5.43. The molecule has 130 valence electrons. The minimum atomic E-state index is -0.762. The molecule has 0 heterocycles. The number of ether oxygens (including phenoxy) is 2. The molecule has 0 saturated carbocycles. The van der Waals surface area contributed by atoms with Crippen molar-refractivity contribution < 1.29 is 24.8 Å². The molecule has 2 rings (SSSR count). The Hall–Kier alpha value is -2.44. The lowest BCUT2D eigenvalue weighted by molar-refractivity contribution is 0.174. The van der Waals surface area contributed by atoms with Crippen LogP contribution in [0.5, 0.6) is 23.0 Å². The Labute approximate surface area is 141 Å². The van der Waals surface area contributed by atoms with Gasteiger partial charge >= 0.3 is 0 Å². The minimum Gasteiger partial charge on any atom is -0.504 e. The van der Waals surface area contributed by atoms with E-state index in [0.29, 0.717) is 30.2 Å². The van der Waals surface area contributed by atoms with Gasteiger partial charge < -0.3 is 30.1 Å². The van der Waals surface area contributed by atoms with Crippen molar-refractivity contribution in [2.24, 2.45) is 0 Å². The van der Waals surface area contributed by atoms with Crippen molar-refractivity contribution >= 4 is 0 Å². The number of aliphatic hydroxyl groups is 1. The van der Waals surface area contributed by atoms with E-state index in [9.17, 15) is 15.3 Å². The van der Waals surface area contributed by atoms with Crippen LogP contribution in [0.25, 0.3) is 0 Å². The van der Waals surface area contributed by atoms with Crippen LogP contribution in [0.1, 0.15) is 17.2 Å². The molecule has 0 unspecified atom stereocenters. The Morgan fingerprint density at radius 2 is 1.71 bits per heavy atom. The SMILES string of the molecule is COc1ccc(CCNC[C@H](O)c2ccc(O)c(O)c2)cc1OC. The molecule has 0 aliphatic carbocycles. The minimum absolute atomic E-state index is 0.202. The second-order valence-electron chi connectivity index (χ2n) is 5.41. The molecule has 2 aromatic carbocycles. The maximum atomic E-state index is 10.1. The van der Waals surface area contributed by atoms with E-state index in [1.54, 1.807) is 20.3 Å². The zero-order valence-electron chi connectivity index (χ0n) is 13.8. The van der Waals surface area contributed by atoms with Crippen molar-refractivity contribution in [3.8, 4) is 23.0 Å². The van der Waals surface area contributed by atoms with Gasteiger partial charge in [0.05, 0.1) is 20.3 Å². The Bertz CT molecular complexity index is 674. The first-order valence-electron chi connectivity index (χ1n) is 7.66. The maximum absolute atomic E-state index is 10.1. The summed E-state index contributed by atoms with van der Waals surface area (Å²) in [7, 11) is 3.20. The monoisotopic (exact) mass is 333 g/mol. The van der Waals surface area contributed by atoms with Crippen LogP contribution in [0.4, 0.5) is 0 Å². The molecule has 0 fully saturated rings. The quantitative estimate of drug-likeness (QED) is 0.436. The zero-order valence-corrected chi connectivity index (χ0v) is 13.8. The smallest absolute Gasteiger partial charge is 0.160 e. The van der Waals surface area contributed by atoms with Crippen LogP contribution in [-0.4, -0.2) is 42.6 Å². The molecular formula is C18H23NO5. The highest BCUT2D eigenvalue weighted by atomic mass is 16.5. The van der Waals surface area contributed by atoms with Crippen LogP contribution in [0.2, 0.25) is 0 Å². The summed E-state index contributed by atoms with van der Waals surface area (Å²) in [6.45, 7) is 1.02. The molecule has 24 heavy (non-hydrogen) atoms. The van der Waals surface area contributed by atoms with Gasteiger partial charge in [-0.15, -0.1) is 0 Å². The van der Waals surface area contributed by atoms with Crippen LogP contribution >= 0.6 is 0 Å². The predicted octanol–water partition coefficient (Wildman–Crippen LogP) is 1.98. The number of benzene rings is 2. The van der Waals surface area contributed by atoms with E-state index in [1.165, 1.54) is 12.1 Å². The van der Waals surface area contributed by atoms with E-state index in [1.807, 2.05) is 18.2 Å². The van der Waals surface area contributed by atoms with Crippen LogP contribution < -0.4 is 14.8 Å². The highest BCUT2D eigenvalue weighted by Crippen LogP contribution is 2.28. The largest absolute Gasteiger partial charge is 0.504 e. The number of hydrogen-bond donors (Lipinski definition) is 4. The third kappa shape index (κ3) is 4.53. The van der Waals surface area contributed by atoms with Gasteiger partial charge in [0.15, 0.2) is 23.0 Å². The first-order valence-corrected chi connectivity index (χ1v) is 7.66. The summed E-state index contributed by atoms with van der Waals surface area (Å²) in [5.74, 6) is 0.940. The van der Waals surface area contributed by atoms with E-state index < -0.39 is 6.10 Å². The summed E-state index contributed by atoms with van der Waals surface area (Å²) in [6, 6.07) is 10.1. The molecular weight excluding hydrogens is 310 g/mol. The van der Waals surface area contributed by atoms with E-state index in [-0.39, 0.29) is 11.5 Å². The van der Waals surface area contributed by atoms with Crippen molar-refractivity contribution in [1.29, 1.82) is 0 Å². The van der Waals surface area contributed by atoms with Crippen molar-refractivity contribution in [2.45, 2.75) is 12.5 Å².